The summed E-state index contributed by atoms with van der Waals surface area (Å²) in [5.74, 6) is -0.598. The molecule has 0 bridgehead atoms. The first-order valence-corrected chi connectivity index (χ1v) is 8.01. The highest BCUT2D eigenvalue weighted by Gasteiger charge is 2.22. The Bertz CT molecular complexity index is 568. The smallest absolute Gasteiger partial charge is 0.321 e. The third-order valence-electron chi connectivity index (χ3n) is 3.86. The van der Waals surface area contributed by atoms with E-state index in [1.165, 1.54) is 12.3 Å². The first kappa shape index (κ1) is 18.2. The molecule has 2 heterocycles. The number of hydrogen-bond donors (Lipinski definition) is 2. The van der Waals surface area contributed by atoms with Crippen molar-refractivity contribution in [2.24, 2.45) is 5.73 Å². The molecule has 3 amide bonds. The summed E-state index contributed by atoms with van der Waals surface area (Å²) in [5, 5.41) is 2.74. The van der Waals surface area contributed by atoms with Gasteiger partial charge in [-0.1, -0.05) is 0 Å². The molecule has 1 saturated heterocycles. The second-order valence-corrected chi connectivity index (χ2v) is 6.16. The van der Waals surface area contributed by atoms with Gasteiger partial charge in [-0.05, 0) is 26.0 Å². The summed E-state index contributed by atoms with van der Waals surface area (Å²) in [5.41, 5.74) is 5.82. The van der Waals surface area contributed by atoms with E-state index in [4.69, 9.17) is 10.5 Å². The molecule has 0 saturated carbocycles. The van der Waals surface area contributed by atoms with Gasteiger partial charge in [0.2, 0.25) is 0 Å². The van der Waals surface area contributed by atoms with E-state index in [0.717, 1.165) is 19.6 Å². The summed E-state index contributed by atoms with van der Waals surface area (Å²) < 4.78 is 5.70. The maximum Gasteiger partial charge on any atom is 0.321 e. The standard InChI is InChI=1S/C16H25N5O3/c1-11-9-21(10-12(2)24-11)7-6-20(3)16(23)19-13-4-5-14(15(17)22)18-8-13/h4-5,8,11-12H,6-7,9-10H2,1-3H3,(H2,17,22)(H,19,23)/t11-,12+. The number of carbonyl (C=O) groups is 2. The minimum Gasteiger partial charge on any atom is -0.373 e. The average molecular weight is 335 g/mol. The van der Waals surface area contributed by atoms with Gasteiger partial charge >= 0.3 is 6.03 Å². The van der Waals surface area contributed by atoms with Gasteiger partial charge in [-0.15, -0.1) is 0 Å². The Kier molecular flexibility index (Phi) is 6.10. The Hall–Kier alpha value is -2.19. The zero-order valence-electron chi connectivity index (χ0n) is 14.4. The maximum absolute atomic E-state index is 12.2. The van der Waals surface area contributed by atoms with E-state index in [0.29, 0.717) is 12.2 Å². The number of amides is 3. The van der Waals surface area contributed by atoms with Crippen LogP contribution in [0.5, 0.6) is 0 Å². The van der Waals surface area contributed by atoms with Crippen LogP contribution in [0.25, 0.3) is 0 Å². The molecule has 0 aliphatic carbocycles. The van der Waals surface area contributed by atoms with Gasteiger partial charge in [-0.25, -0.2) is 9.78 Å². The van der Waals surface area contributed by atoms with E-state index in [1.54, 1.807) is 18.0 Å². The van der Waals surface area contributed by atoms with Crippen LogP contribution in [0, 0.1) is 0 Å². The molecule has 24 heavy (non-hydrogen) atoms. The summed E-state index contributed by atoms with van der Waals surface area (Å²) in [6.07, 6.45) is 1.84. The minimum absolute atomic E-state index is 0.164. The van der Waals surface area contributed by atoms with Gasteiger partial charge < -0.3 is 20.7 Å². The molecule has 1 fully saturated rings. The second-order valence-electron chi connectivity index (χ2n) is 6.16. The molecule has 3 N–H and O–H groups in total. The number of ether oxygens (including phenoxy) is 1. The maximum atomic E-state index is 12.2. The fourth-order valence-corrected chi connectivity index (χ4v) is 2.69. The monoisotopic (exact) mass is 335 g/mol. The fraction of sp³-hybridized carbons (Fsp3) is 0.562. The number of hydrogen-bond acceptors (Lipinski definition) is 5. The van der Waals surface area contributed by atoms with Crippen LogP contribution in [0.4, 0.5) is 10.5 Å². The van der Waals surface area contributed by atoms with Crippen LogP contribution < -0.4 is 11.1 Å². The molecule has 2 rings (SSSR count). The minimum atomic E-state index is -0.598. The molecule has 132 valence electrons. The predicted octanol–water partition coefficient (Wildman–Crippen LogP) is 0.753. The topological polar surface area (TPSA) is 101 Å². The van der Waals surface area contributed by atoms with Crippen LogP contribution in [0.15, 0.2) is 18.3 Å². The quantitative estimate of drug-likeness (QED) is 0.827. The van der Waals surface area contributed by atoms with Gasteiger partial charge in [0.15, 0.2) is 0 Å². The molecule has 2 atom stereocenters. The zero-order valence-corrected chi connectivity index (χ0v) is 14.4. The van der Waals surface area contributed by atoms with Gasteiger partial charge in [0.1, 0.15) is 5.69 Å². The first-order chi connectivity index (χ1) is 11.3. The lowest BCUT2D eigenvalue weighted by Gasteiger charge is -2.36. The van der Waals surface area contributed by atoms with Gasteiger partial charge in [0.05, 0.1) is 24.1 Å². The number of morpholine rings is 1. The van der Waals surface area contributed by atoms with E-state index in [1.807, 2.05) is 0 Å². The molecule has 1 aromatic rings. The average Bonchev–Trinajstić information content (AvgIpc) is 2.52. The van der Waals surface area contributed by atoms with Crippen molar-refractivity contribution in [3.05, 3.63) is 24.0 Å². The first-order valence-electron chi connectivity index (χ1n) is 8.01. The lowest BCUT2D eigenvalue weighted by atomic mass is 10.2. The number of carbonyl (C=O) groups excluding carboxylic acids is 2. The Morgan fingerprint density at radius 3 is 2.58 bits per heavy atom. The van der Waals surface area contributed by atoms with E-state index < -0.39 is 5.91 Å². The molecule has 0 spiro atoms. The lowest BCUT2D eigenvalue weighted by molar-refractivity contribution is -0.0684. The van der Waals surface area contributed by atoms with Crippen molar-refractivity contribution in [2.45, 2.75) is 26.1 Å². The Labute approximate surface area is 142 Å². The normalized spacial score (nSPS) is 21.3. The number of rotatable bonds is 5. The molecule has 1 aliphatic heterocycles. The Balaban J connectivity index is 1.80. The van der Waals surface area contributed by atoms with Crippen LogP contribution in [0.3, 0.4) is 0 Å². The Morgan fingerprint density at radius 1 is 1.38 bits per heavy atom. The summed E-state index contributed by atoms with van der Waals surface area (Å²) in [6, 6.07) is 2.86. The molecule has 1 aromatic heterocycles. The number of aromatic nitrogens is 1. The van der Waals surface area contributed by atoms with Crippen molar-refractivity contribution < 1.29 is 14.3 Å². The summed E-state index contributed by atoms with van der Waals surface area (Å²) in [7, 11) is 1.74. The third-order valence-corrected chi connectivity index (χ3v) is 3.86. The number of pyridine rings is 1. The number of nitrogens with zero attached hydrogens (tertiary/aromatic N) is 3. The molecule has 8 nitrogen and oxygen atoms in total. The molecule has 0 unspecified atom stereocenters. The van der Waals surface area contributed by atoms with Crippen LogP contribution >= 0.6 is 0 Å². The van der Waals surface area contributed by atoms with Crippen LogP contribution in [0.2, 0.25) is 0 Å². The highest BCUT2D eigenvalue weighted by atomic mass is 16.5. The van der Waals surface area contributed by atoms with Gasteiger partial charge in [0, 0.05) is 33.2 Å². The van der Waals surface area contributed by atoms with E-state index >= 15 is 0 Å². The van der Waals surface area contributed by atoms with Crippen LogP contribution in [0.1, 0.15) is 24.3 Å². The molecule has 0 aromatic carbocycles. The second kappa shape index (κ2) is 8.07. The number of likely N-dealkylation sites (N-methyl/N-ethyl adjacent to an activating group) is 1. The van der Waals surface area contributed by atoms with Crippen molar-refractivity contribution >= 4 is 17.6 Å². The zero-order chi connectivity index (χ0) is 17.7. The summed E-state index contributed by atoms with van der Waals surface area (Å²) >= 11 is 0. The van der Waals surface area contributed by atoms with Crippen molar-refractivity contribution in [2.75, 3.05) is 38.5 Å². The van der Waals surface area contributed by atoms with E-state index in [-0.39, 0.29) is 23.9 Å². The number of nitrogens with two attached hydrogens (primary N) is 1. The highest BCUT2D eigenvalue weighted by molar-refractivity contribution is 5.92. The number of urea groups is 1. The van der Waals surface area contributed by atoms with Crippen molar-refractivity contribution in [3.8, 4) is 0 Å². The fourth-order valence-electron chi connectivity index (χ4n) is 2.69. The van der Waals surface area contributed by atoms with Crippen LogP contribution in [-0.4, -0.2) is 72.2 Å². The molecule has 8 heteroatoms. The molecular weight excluding hydrogens is 310 g/mol. The SMILES string of the molecule is C[C@@H]1CN(CCN(C)C(=O)Nc2ccc(C(N)=O)nc2)C[C@H](C)O1. The van der Waals surface area contributed by atoms with Gasteiger partial charge in [-0.3, -0.25) is 9.69 Å². The van der Waals surface area contributed by atoms with Crippen molar-refractivity contribution in [3.63, 3.8) is 0 Å². The molecule has 0 radical (unpaired) electrons. The highest BCUT2D eigenvalue weighted by Crippen LogP contribution is 2.11. The van der Waals surface area contributed by atoms with E-state index in [9.17, 15) is 9.59 Å². The Morgan fingerprint density at radius 2 is 2.04 bits per heavy atom. The molecule has 1 aliphatic rings. The van der Waals surface area contributed by atoms with Crippen LogP contribution in [-0.2, 0) is 4.74 Å². The predicted molar refractivity (Wildman–Crippen MR) is 90.9 cm³/mol. The van der Waals surface area contributed by atoms with Crippen molar-refractivity contribution in [1.29, 1.82) is 0 Å². The van der Waals surface area contributed by atoms with Gasteiger partial charge in [0.25, 0.3) is 5.91 Å². The largest absolute Gasteiger partial charge is 0.373 e. The number of nitrogens with one attached hydrogen (secondary N) is 1. The molecular formula is C16H25N5O3. The van der Waals surface area contributed by atoms with Gasteiger partial charge in [-0.2, -0.15) is 0 Å². The lowest BCUT2D eigenvalue weighted by Crippen LogP contribution is -2.48. The summed E-state index contributed by atoms with van der Waals surface area (Å²) in [4.78, 5) is 31.0. The van der Waals surface area contributed by atoms with Crippen molar-refractivity contribution in [1.82, 2.24) is 14.8 Å². The van der Waals surface area contributed by atoms with E-state index in [2.05, 4.69) is 29.0 Å². The third kappa shape index (κ3) is 5.17. The number of primary amides is 1. The summed E-state index contributed by atoms with van der Waals surface area (Å²) in [6.45, 7) is 7.26. The number of anilines is 1.